The maximum atomic E-state index is 12.5. The molecule has 1 amide bonds. The topological polar surface area (TPSA) is 46.1 Å². The lowest BCUT2D eigenvalue weighted by molar-refractivity contribution is -0.132. The minimum absolute atomic E-state index is 0.234. The molecule has 4 heteroatoms. The van der Waals surface area contributed by atoms with Crippen molar-refractivity contribution in [1.82, 2.24) is 14.9 Å². The van der Waals surface area contributed by atoms with Gasteiger partial charge in [0.15, 0.2) is 0 Å². The molecule has 0 unspecified atom stereocenters. The number of carbonyl (C=O) groups excluding carboxylic acids is 1. The Hall–Kier alpha value is -2.23. The van der Waals surface area contributed by atoms with E-state index in [9.17, 15) is 4.79 Å². The van der Waals surface area contributed by atoms with Gasteiger partial charge in [0.25, 0.3) is 0 Å². The summed E-state index contributed by atoms with van der Waals surface area (Å²) < 4.78 is 0. The minimum Gasteiger partial charge on any atom is -0.335 e. The summed E-state index contributed by atoms with van der Waals surface area (Å²) in [6.45, 7) is 0.694. The van der Waals surface area contributed by atoms with Crippen LogP contribution >= 0.6 is 0 Å². The molecule has 0 saturated heterocycles. The number of aromatic nitrogens is 2. The molecule has 0 aromatic carbocycles. The number of aryl methyl sites for hydroxylation is 1. The smallest absolute Gasteiger partial charge is 0.223 e. The third-order valence-corrected chi connectivity index (χ3v) is 3.76. The molecular formula is C17H19N3O. The van der Waals surface area contributed by atoms with Crippen LogP contribution in [0.2, 0.25) is 0 Å². The quantitative estimate of drug-likeness (QED) is 0.817. The Labute approximate surface area is 124 Å². The lowest BCUT2D eigenvalue weighted by atomic mass is 10.1. The number of amides is 1. The van der Waals surface area contributed by atoms with Crippen molar-refractivity contribution in [3.63, 3.8) is 0 Å². The lowest BCUT2D eigenvalue weighted by Gasteiger charge is -2.22. The first kappa shape index (κ1) is 13.7. The third-order valence-electron chi connectivity index (χ3n) is 3.76. The van der Waals surface area contributed by atoms with Crippen molar-refractivity contribution < 1.29 is 4.79 Å². The van der Waals surface area contributed by atoms with Gasteiger partial charge in [0.05, 0.1) is 0 Å². The average Bonchev–Trinajstić information content (AvgIpc) is 3.37. The molecular weight excluding hydrogens is 262 g/mol. The number of hydrogen-bond donors (Lipinski definition) is 0. The van der Waals surface area contributed by atoms with Gasteiger partial charge in [-0.05, 0) is 48.6 Å². The Bertz CT molecular complexity index is 581. The largest absolute Gasteiger partial charge is 0.335 e. The molecule has 0 N–H and O–H groups in total. The fraction of sp³-hybridized carbons (Fsp3) is 0.353. The third kappa shape index (κ3) is 3.88. The Morgan fingerprint density at radius 1 is 1.10 bits per heavy atom. The molecule has 0 atom stereocenters. The van der Waals surface area contributed by atoms with Crippen molar-refractivity contribution in [2.24, 2.45) is 0 Å². The summed E-state index contributed by atoms with van der Waals surface area (Å²) in [5, 5.41) is 0. The van der Waals surface area contributed by atoms with Gasteiger partial charge in [-0.3, -0.25) is 14.8 Å². The van der Waals surface area contributed by atoms with E-state index in [2.05, 4.69) is 9.97 Å². The van der Waals surface area contributed by atoms with E-state index in [1.807, 2.05) is 35.4 Å². The molecule has 1 aliphatic carbocycles. The SMILES string of the molecule is O=C(CCc1cccnc1)N(Cc1ccncc1)C1CC1. The highest BCUT2D eigenvalue weighted by Crippen LogP contribution is 2.29. The van der Waals surface area contributed by atoms with Gasteiger partial charge in [0.1, 0.15) is 0 Å². The van der Waals surface area contributed by atoms with Crippen LogP contribution in [0.25, 0.3) is 0 Å². The van der Waals surface area contributed by atoms with Gasteiger partial charge in [0.2, 0.25) is 5.91 Å². The summed E-state index contributed by atoms with van der Waals surface area (Å²) in [5.41, 5.74) is 2.26. The second-order valence-corrected chi connectivity index (χ2v) is 5.47. The monoisotopic (exact) mass is 281 g/mol. The van der Waals surface area contributed by atoms with Crippen LogP contribution in [0.15, 0.2) is 49.1 Å². The van der Waals surface area contributed by atoms with Crippen LogP contribution < -0.4 is 0 Å². The van der Waals surface area contributed by atoms with Crippen molar-refractivity contribution in [2.45, 2.75) is 38.3 Å². The molecule has 0 aliphatic heterocycles. The Kier molecular flexibility index (Phi) is 4.24. The molecule has 1 fully saturated rings. The lowest BCUT2D eigenvalue weighted by Crippen LogP contribution is -2.32. The first-order valence-corrected chi connectivity index (χ1v) is 7.40. The van der Waals surface area contributed by atoms with Crippen LogP contribution in [0.4, 0.5) is 0 Å². The van der Waals surface area contributed by atoms with E-state index in [4.69, 9.17) is 0 Å². The number of pyridine rings is 2. The summed E-state index contributed by atoms with van der Waals surface area (Å²) in [5.74, 6) is 0.234. The van der Waals surface area contributed by atoms with Gasteiger partial charge in [0, 0.05) is 43.8 Å². The van der Waals surface area contributed by atoms with Crippen molar-refractivity contribution in [3.05, 3.63) is 60.2 Å². The average molecular weight is 281 g/mol. The molecule has 0 radical (unpaired) electrons. The van der Waals surface area contributed by atoms with Gasteiger partial charge in [-0.15, -0.1) is 0 Å². The minimum atomic E-state index is 0.234. The fourth-order valence-corrected chi connectivity index (χ4v) is 2.43. The van der Waals surface area contributed by atoms with Crippen LogP contribution in [0.3, 0.4) is 0 Å². The number of nitrogens with zero attached hydrogens (tertiary/aromatic N) is 3. The maximum absolute atomic E-state index is 12.5. The summed E-state index contributed by atoms with van der Waals surface area (Å²) in [7, 11) is 0. The fourth-order valence-electron chi connectivity index (χ4n) is 2.43. The van der Waals surface area contributed by atoms with Gasteiger partial charge in [-0.1, -0.05) is 6.07 Å². The van der Waals surface area contributed by atoms with Crippen LogP contribution in [0.5, 0.6) is 0 Å². The molecule has 1 aliphatic rings. The van der Waals surface area contributed by atoms with E-state index in [0.717, 1.165) is 30.4 Å². The van der Waals surface area contributed by atoms with Gasteiger partial charge in [-0.2, -0.15) is 0 Å². The first-order valence-electron chi connectivity index (χ1n) is 7.40. The van der Waals surface area contributed by atoms with Crippen molar-refractivity contribution in [3.8, 4) is 0 Å². The van der Waals surface area contributed by atoms with Crippen molar-refractivity contribution >= 4 is 5.91 Å². The molecule has 108 valence electrons. The number of hydrogen-bond acceptors (Lipinski definition) is 3. The normalized spacial score (nSPS) is 13.9. The van der Waals surface area contributed by atoms with E-state index in [1.54, 1.807) is 18.6 Å². The predicted molar refractivity (Wildman–Crippen MR) is 80.4 cm³/mol. The van der Waals surface area contributed by atoms with E-state index in [-0.39, 0.29) is 5.91 Å². The first-order chi connectivity index (χ1) is 10.3. The second-order valence-electron chi connectivity index (χ2n) is 5.47. The standard InChI is InChI=1S/C17H19N3O/c21-17(6-3-14-2-1-9-19-12-14)20(16-4-5-16)13-15-7-10-18-11-8-15/h1-2,7-12,16H,3-6,13H2. The Morgan fingerprint density at radius 2 is 1.90 bits per heavy atom. The molecule has 1 saturated carbocycles. The highest BCUT2D eigenvalue weighted by Gasteiger charge is 2.32. The van der Waals surface area contributed by atoms with E-state index < -0.39 is 0 Å². The summed E-state index contributed by atoms with van der Waals surface area (Å²) in [4.78, 5) is 22.6. The summed E-state index contributed by atoms with van der Waals surface area (Å²) in [6, 6.07) is 8.31. The van der Waals surface area contributed by atoms with E-state index in [0.29, 0.717) is 19.0 Å². The zero-order valence-corrected chi connectivity index (χ0v) is 12.0. The maximum Gasteiger partial charge on any atom is 0.223 e. The summed E-state index contributed by atoms with van der Waals surface area (Å²) in [6.07, 6.45) is 10.7. The highest BCUT2D eigenvalue weighted by molar-refractivity contribution is 5.77. The van der Waals surface area contributed by atoms with Gasteiger partial charge < -0.3 is 4.90 Å². The summed E-state index contributed by atoms with van der Waals surface area (Å²) >= 11 is 0. The molecule has 2 heterocycles. The molecule has 4 nitrogen and oxygen atoms in total. The second kappa shape index (κ2) is 6.48. The van der Waals surface area contributed by atoms with E-state index in [1.165, 1.54) is 0 Å². The van der Waals surface area contributed by atoms with Gasteiger partial charge >= 0.3 is 0 Å². The van der Waals surface area contributed by atoms with Crippen molar-refractivity contribution in [1.29, 1.82) is 0 Å². The molecule has 3 rings (SSSR count). The van der Waals surface area contributed by atoms with Crippen LogP contribution in [0.1, 0.15) is 30.4 Å². The number of rotatable bonds is 6. The highest BCUT2D eigenvalue weighted by atomic mass is 16.2. The zero-order valence-electron chi connectivity index (χ0n) is 12.0. The van der Waals surface area contributed by atoms with E-state index >= 15 is 0 Å². The van der Waals surface area contributed by atoms with Gasteiger partial charge in [-0.25, -0.2) is 0 Å². The molecule has 2 aromatic rings. The molecule has 0 spiro atoms. The Balaban J connectivity index is 1.60. The zero-order chi connectivity index (χ0) is 14.5. The molecule has 21 heavy (non-hydrogen) atoms. The van der Waals surface area contributed by atoms with Crippen LogP contribution in [-0.4, -0.2) is 26.8 Å². The molecule has 2 aromatic heterocycles. The van der Waals surface area contributed by atoms with Crippen LogP contribution in [0, 0.1) is 0 Å². The number of carbonyl (C=O) groups is 1. The Morgan fingerprint density at radius 3 is 2.57 bits per heavy atom. The van der Waals surface area contributed by atoms with Crippen molar-refractivity contribution in [2.75, 3.05) is 0 Å². The predicted octanol–water partition coefficient (Wildman–Crippen LogP) is 2.60. The molecule has 0 bridgehead atoms. The van der Waals surface area contributed by atoms with Crippen LogP contribution in [-0.2, 0) is 17.8 Å².